The Morgan fingerprint density at radius 3 is 2.52 bits per heavy atom. The first-order valence-corrected chi connectivity index (χ1v) is 8.32. The van der Waals surface area contributed by atoms with E-state index in [4.69, 9.17) is 22.1 Å². The Kier molecular flexibility index (Phi) is 5.36. The molecule has 1 heterocycles. The van der Waals surface area contributed by atoms with Crippen LogP contribution in [0.3, 0.4) is 0 Å². The van der Waals surface area contributed by atoms with Crippen LogP contribution in [0, 0.1) is 0 Å². The molecule has 0 spiro atoms. The quantitative estimate of drug-likeness (QED) is 0.686. The number of nitrogens with zero attached hydrogens (tertiary/aromatic N) is 2. The molecule has 0 amide bonds. The second-order valence-electron chi connectivity index (χ2n) is 5.51. The van der Waals surface area contributed by atoms with Gasteiger partial charge in [0.15, 0.2) is 0 Å². The predicted molar refractivity (Wildman–Crippen MR) is 99.9 cm³/mol. The van der Waals surface area contributed by atoms with Crippen LogP contribution in [0.2, 0.25) is 5.02 Å². The van der Waals surface area contributed by atoms with Crippen molar-refractivity contribution in [2.75, 3.05) is 12.3 Å². The van der Waals surface area contributed by atoms with Gasteiger partial charge in [0.05, 0.1) is 6.61 Å². The van der Waals surface area contributed by atoms with Crippen LogP contribution in [0.4, 0.5) is 5.82 Å². The summed E-state index contributed by atoms with van der Waals surface area (Å²) >= 11 is 6.23. The molecule has 0 bridgehead atoms. The number of hydrogen-bond donors (Lipinski definition) is 1. The van der Waals surface area contributed by atoms with Crippen molar-refractivity contribution in [3.8, 4) is 16.9 Å². The number of halogens is 1. The molecular formula is C19H18ClN3O2. The maximum absolute atomic E-state index is 12.1. The normalized spacial score (nSPS) is 10.6. The van der Waals surface area contributed by atoms with Crippen molar-refractivity contribution in [3.05, 3.63) is 76.3 Å². The molecule has 2 N–H and O–H groups in total. The highest BCUT2D eigenvalue weighted by molar-refractivity contribution is 6.33. The molecule has 25 heavy (non-hydrogen) atoms. The van der Waals surface area contributed by atoms with Crippen molar-refractivity contribution in [1.29, 1.82) is 0 Å². The van der Waals surface area contributed by atoms with Crippen LogP contribution in [0.1, 0.15) is 6.42 Å². The second kappa shape index (κ2) is 7.85. The van der Waals surface area contributed by atoms with Crippen molar-refractivity contribution in [2.24, 2.45) is 0 Å². The Balaban J connectivity index is 1.72. The largest absolute Gasteiger partial charge is 0.494 e. The maximum Gasteiger partial charge on any atom is 0.349 e. The molecule has 0 saturated heterocycles. The van der Waals surface area contributed by atoms with Crippen LogP contribution in [0.25, 0.3) is 11.1 Å². The first-order valence-electron chi connectivity index (χ1n) is 7.95. The highest BCUT2D eigenvalue weighted by Gasteiger charge is 2.11. The lowest BCUT2D eigenvalue weighted by atomic mass is 10.1. The number of ether oxygens (including phenoxy) is 1. The number of anilines is 1. The van der Waals surface area contributed by atoms with Crippen LogP contribution in [0.5, 0.6) is 5.75 Å². The van der Waals surface area contributed by atoms with E-state index in [1.807, 2.05) is 48.5 Å². The summed E-state index contributed by atoms with van der Waals surface area (Å²) in [5.41, 5.74) is 6.93. The van der Waals surface area contributed by atoms with E-state index in [1.165, 1.54) is 4.57 Å². The minimum absolute atomic E-state index is 0.176. The van der Waals surface area contributed by atoms with Gasteiger partial charge >= 0.3 is 5.69 Å². The number of nitrogens with two attached hydrogens (primary N) is 1. The molecule has 1 aromatic heterocycles. The molecule has 2 aromatic carbocycles. The number of nitrogen functional groups attached to an aromatic ring is 1. The second-order valence-corrected chi connectivity index (χ2v) is 5.92. The Bertz CT molecular complexity index is 910. The number of benzene rings is 2. The van der Waals surface area contributed by atoms with Gasteiger partial charge in [-0.25, -0.2) is 4.79 Å². The fourth-order valence-electron chi connectivity index (χ4n) is 2.49. The van der Waals surface area contributed by atoms with Crippen LogP contribution in [-0.4, -0.2) is 16.2 Å². The van der Waals surface area contributed by atoms with E-state index in [9.17, 15) is 4.79 Å². The molecule has 128 valence electrons. The number of rotatable bonds is 6. The zero-order chi connectivity index (χ0) is 17.6. The van der Waals surface area contributed by atoms with Gasteiger partial charge in [-0.3, -0.25) is 4.57 Å². The summed E-state index contributed by atoms with van der Waals surface area (Å²) in [5, 5.41) is 0.564. The molecular weight excluding hydrogens is 338 g/mol. The molecule has 5 nitrogen and oxygen atoms in total. The van der Waals surface area contributed by atoms with Crippen molar-refractivity contribution < 1.29 is 4.74 Å². The van der Waals surface area contributed by atoms with E-state index in [0.29, 0.717) is 30.2 Å². The predicted octanol–water partition coefficient (Wildman–Crippen LogP) is 3.62. The van der Waals surface area contributed by atoms with Gasteiger partial charge in [-0.1, -0.05) is 48.0 Å². The number of aryl methyl sites for hydroxylation is 1. The lowest BCUT2D eigenvalue weighted by Gasteiger charge is -2.11. The lowest BCUT2D eigenvalue weighted by Crippen LogP contribution is -2.25. The molecule has 0 fully saturated rings. The van der Waals surface area contributed by atoms with Gasteiger partial charge in [0.1, 0.15) is 11.6 Å². The lowest BCUT2D eigenvalue weighted by molar-refractivity contribution is 0.300. The average molecular weight is 356 g/mol. The molecule has 0 aliphatic rings. The van der Waals surface area contributed by atoms with Gasteiger partial charge in [0.25, 0.3) is 0 Å². The molecule has 0 radical (unpaired) electrons. The molecule has 0 unspecified atom stereocenters. The zero-order valence-electron chi connectivity index (χ0n) is 13.6. The Labute approximate surface area is 150 Å². The number of hydrogen-bond acceptors (Lipinski definition) is 4. The average Bonchev–Trinajstić information content (AvgIpc) is 2.62. The standard InChI is InChI=1S/C19H18ClN3O2/c20-17-10-5-4-9-15(17)16-13-23(19(24)22-18(16)21)11-6-12-25-14-7-2-1-3-8-14/h1-5,7-10,13H,6,11-12H2,(H2,21,22,24). The maximum atomic E-state index is 12.1. The van der Waals surface area contributed by atoms with Crippen LogP contribution in [-0.2, 0) is 6.54 Å². The summed E-state index contributed by atoms with van der Waals surface area (Å²) in [5.74, 6) is 0.983. The first kappa shape index (κ1) is 17.0. The van der Waals surface area contributed by atoms with Gasteiger partial charge in [-0.2, -0.15) is 4.98 Å². The summed E-state index contributed by atoms with van der Waals surface area (Å²) in [6.07, 6.45) is 2.37. The monoisotopic (exact) mass is 355 g/mol. The van der Waals surface area contributed by atoms with E-state index < -0.39 is 0 Å². The topological polar surface area (TPSA) is 70.1 Å². The van der Waals surface area contributed by atoms with Gasteiger partial charge in [-0.15, -0.1) is 0 Å². The van der Waals surface area contributed by atoms with Gasteiger partial charge < -0.3 is 10.5 Å². The molecule has 6 heteroatoms. The van der Waals surface area contributed by atoms with Crippen molar-refractivity contribution >= 4 is 17.4 Å². The smallest absolute Gasteiger partial charge is 0.349 e. The summed E-state index contributed by atoms with van der Waals surface area (Å²) in [7, 11) is 0. The first-order chi connectivity index (χ1) is 12.1. The number of aromatic nitrogens is 2. The number of para-hydroxylation sites is 1. The highest BCUT2D eigenvalue weighted by Crippen LogP contribution is 2.29. The summed E-state index contributed by atoms with van der Waals surface area (Å²) in [6.45, 7) is 0.985. The van der Waals surface area contributed by atoms with E-state index >= 15 is 0 Å². The van der Waals surface area contributed by atoms with Crippen molar-refractivity contribution in [2.45, 2.75) is 13.0 Å². The summed E-state index contributed by atoms with van der Waals surface area (Å²) < 4.78 is 7.17. The van der Waals surface area contributed by atoms with Crippen molar-refractivity contribution in [1.82, 2.24) is 9.55 Å². The third-order valence-corrected chi connectivity index (χ3v) is 4.07. The Hall–Kier alpha value is -2.79. The molecule has 0 saturated carbocycles. The van der Waals surface area contributed by atoms with Gasteiger partial charge in [0, 0.05) is 28.9 Å². The van der Waals surface area contributed by atoms with E-state index in [2.05, 4.69) is 4.98 Å². The fraction of sp³-hybridized carbons (Fsp3) is 0.158. The molecule has 0 aliphatic heterocycles. The molecule has 3 aromatic rings. The van der Waals surface area contributed by atoms with Crippen molar-refractivity contribution in [3.63, 3.8) is 0 Å². The third kappa shape index (κ3) is 4.19. The third-order valence-electron chi connectivity index (χ3n) is 3.74. The molecule has 0 aliphatic carbocycles. The molecule has 3 rings (SSSR count). The van der Waals surface area contributed by atoms with Gasteiger partial charge in [-0.05, 0) is 24.6 Å². The SMILES string of the molecule is Nc1nc(=O)n(CCCOc2ccccc2)cc1-c1ccccc1Cl. The van der Waals surface area contributed by atoms with Crippen LogP contribution < -0.4 is 16.2 Å². The molecule has 0 atom stereocenters. The fourth-order valence-corrected chi connectivity index (χ4v) is 2.73. The summed E-state index contributed by atoms with van der Waals surface area (Å²) in [4.78, 5) is 16.0. The van der Waals surface area contributed by atoms with Gasteiger partial charge in [0.2, 0.25) is 0 Å². The van der Waals surface area contributed by atoms with Crippen LogP contribution >= 0.6 is 11.6 Å². The Morgan fingerprint density at radius 2 is 1.76 bits per heavy atom. The highest BCUT2D eigenvalue weighted by atomic mass is 35.5. The van der Waals surface area contributed by atoms with E-state index in [0.717, 1.165) is 11.3 Å². The van der Waals surface area contributed by atoms with E-state index in [-0.39, 0.29) is 11.5 Å². The van der Waals surface area contributed by atoms with E-state index in [1.54, 1.807) is 12.3 Å². The van der Waals surface area contributed by atoms with Crippen LogP contribution in [0.15, 0.2) is 65.6 Å². The minimum Gasteiger partial charge on any atom is -0.494 e. The zero-order valence-corrected chi connectivity index (χ0v) is 14.3. The Morgan fingerprint density at radius 1 is 1.04 bits per heavy atom. The minimum atomic E-state index is -0.381. The summed E-state index contributed by atoms with van der Waals surface area (Å²) in [6, 6.07) is 16.9.